The predicted molar refractivity (Wildman–Crippen MR) is 87.4 cm³/mol. The summed E-state index contributed by atoms with van der Waals surface area (Å²) in [6.45, 7) is 1.38. The fourth-order valence-electron chi connectivity index (χ4n) is 2.20. The first-order chi connectivity index (χ1) is 11.9. The quantitative estimate of drug-likeness (QED) is 0.842. The van der Waals surface area contributed by atoms with Crippen LogP contribution in [0.2, 0.25) is 0 Å². The second kappa shape index (κ2) is 6.69. The molecule has 2 N–H and O–H groups in total. The minimum atomic E-state index is -3.97. The molecular formula is C16H15FN2O5S. The molecule has 0 saturated carbocycles. The SMILES string of the molecule is CC(NS(=O)(=O)c1ccc2c(c1)OCO2)C(=O)Nc1ccccc1F. The largest absolute Gasteiger partial charge is 0.454 e. The van der Waals surface area contributed by atoms with E-state index in [1.54, 1.807) is 6.07 Å². The number of rotatable bonds is 5. The van der Waals surface area contributed by atoms with Gasteiger partial charge in [-0.3, -0.25) is 4.79 Å². The van der Waals surface area contributed by atoms with Crippen molar-refractivity contribution in [3.8, 4) is 11.5 Å². The van der Waals surface area contributed by atoms with Crippen molar-refractivity contribution in [1.82, 2.24) is 4.72 Å². The maximum Gasteiger partial charge on any atom is 0.242 e. The highest BCUT2D eigenvalue weighted by atomic mass is 32.2. The number of sulfonamides is 1. The maximum absolute atomic E-state index is 13.6. The van der Waals surface area contributed by atoms with Crippen molar-refractivity contribution >= 4 is 21.6 Å². The van der Waals surface area contributed by atoms with Crippen LogP contribution in [0.3, 0.4) is 0 Å². The van der Waals surface area contributed by atoms with E-state index < -0.39 is 27.8 Å². The van der Waals surface area contributed by atoms with Gasteiger partial charge in [0.25, 0.3) is 0 Å². The van der Waals surface area contributed by atoms with Crippen molar-refractivity contribution in [3.63, 3.8) is 0 Å². The summed E-state index contributed by atoms with van der Waals surface area (Å²) in [7, 11) is -3.97. The summed E-state index contributed by atoms with van der Waals surface area (Å²) in [4.78, 5) is 12.0. The molecule has 0 aliphatic carbocycles. The van der Waals surface area contributed by atoms with Crippen LogP contribution in [0.1, 0.15) is 6.92 Å². The third-order valence-corrected chi connectivity index (χ3v) is 5.05. The molecule has 7 nitrogen and oxygen atoms in total. The second-order valence-electron chi connectivity index (χ2n) is 5.33. The molecule has 0 fully saturated rings. The lowest BCUT2D eigenvalue weighted by atomic mass is 10.2. The van der Waals surface area contributed by atoms with Gasteiger partial charge in [-0.25, -0.2) is 12.8 Å². The molecule has 1 unspecified atom stereocenters. The van der Waals surface area contributed by atoms with E-state index in [1.165, 1.54) is 43.3 Å². The maximum atomic E-state index is 13.6. The van der Waals surface area contributed by atoms with Crippen LogP contribution in [0.4, 0.5) is 10.1 Å². The molecule has 0 spiro atoms. The minimum absolute atomic E-state index is 0.0215. The Morgan fingerprint density at radius 2 is 1.88 bits per heavy atom. The third kappa shape index (κ3) is 3.72. The van der Waals surface area contributed by atoms with E-state index in [4.69, 9.17) is 9.47 Å². The van der Waals surface area contributed by atoms with Crippen LogP contribution in [0.25, 0.3) is 0 Å². The van der Waals surface area contributed by atoms with E-state index in [0.717, 1.165) is 0 Å². The molecular weight excluding hydrogens is 351 g/mol. The summed E-state index contributed by atoms with van der Waals surface area (Å²) in [5, 5.41) is 2.34. The van der Waals surface area contributed by atoms with Crippen LogP contribution >= 0.6 is 0 Å². The van der Waals surface area contributed by atoms with Crippen molar-refractivity contribution in [2.75, 3.05) is 12.1 Å². The molecule has 2 aromatic carbocycles. The van der Waals surface area contributed by atoms with Gasteiger partial charge in [-0.1, -0.05) is 12.1 Å². The standard InChI is InChI=1S/C16H15FN2O5S/c1-10(16(20)18-13-5-3-2-4-12(13)17)19-25(21,22)11-6-7-14-15(8-11)24-9-23-14/h2-8,10,19H,9H2,1H3,(H,18,20). The van der Waals surface area contributed by atoms with Crippen LogP contribution in [0, 0.1) is 5.82 Å². The Kier molecular flexibility index (Phi) is 4.60. The summed E-state index contributed by atoms with van der Waals surface area (Å²) < 4.78 is 50.9. The van der Waals surface area contributed by atoms with Crippen molar-refractivity contribution in [2.24, 2.45) is 0 Å². The number of carbonyl (C=O) groups is 1. The molecule has 0 radical (unpaired) electrons. The van der Waals surface area contributed by atoms with Gasteiger partial charge in [-0.05, 0) is 31.2 Å². The number of hydrogen-bond acceptors (Lipinski definition) is 5. The molecule has 1 aliphatic rings. The molecule has 2 aromatic rings. The Bertz CT molecular complexity index is 916. The van der Waals surface area contributed by atoms with Gasteiger partial charge in [0.05, 0.1) is 16.6 Å². The third-order valence-electron chi connectivity index (χ3n) is 3.51. The number of amides is 1. The van der Waals surface area contributed by atoms with Crippen LogP contribution in [0.5, 0.6) is 11.5 Å². The Morgan fingerprint density at radius 3 is 2.64 bits per heavy atom. The van der Waals surface area contributed by atoms with Crippen molar-refractivity contribution in [2.45, 2.75) is 17.9 Å². The molecule has 132 valence electrons. The minimum Gasteiger partial charge on any atom is -0.454 e. The molecule has 0 aromatic heterocycles. The molecule has 3 rings (SSSR count). The summed E-state index contributed by atoms with van der Waals surface area (Å²) >= 11 is 0. The van der Waals surface area contributed by atoms with Crippen molar-refractivity contribution < 1.29 is 27.1 Å². The summed E-state index contributed by atoms with van der Waals surface area (Å²) in [5.41, 5.74) is -0.0263. The summed E-state index contributed by atoms with van der Waals surface area (Å²) in [6, 6.07) is 8.63. The Hall–Kier alpha value is -2.65. The Balaban J connectivity index is 1.72. The van der Waals surface area contributed by atoms with Crippen molar-refractivity contribution in [1.29, 1.82) is 0 Å². The zero-order valence-corrected chi connectivity index (χ0v) is 14.0. The van der Waals surface area contributed by atoms with Gasteiger partial charge in [0.15, 0.2) is 11.5 Å². The summed E-state index contributed by atoms with van der Waals surface area (Å²) in [5.74, 6) is -0.535. The highest BCUT2D eigenvalue weighted by Crippen LogP contribution is 2.33. The van der Waals surface area contributed by atoms with Crippen LogP contribution in [0.15, 0.2) is 47.4 Å². The first-order valence-electron chi connectivity index (χ1n) is 7.34. The number of carbonyl (C=O) groups excluding carboxylic acids is 1. The van der Waals surface area contributed by atoms with Gasteiger partial charge in [0.2, 0.25) is 22.7 Å². The molecule has 1 aliphatic heterocycles. The smallest absolute Gasteiger partial charge is 0.242 e. The van der Waals surface area contributed by atoms with Gasteiger partial charge in [0, 0.05) is 6.07 Å². The predicted octanol–water partition coefficient (Wildman–Crippen LogP) is 1.86. The highest BCUT2D eigenvalue weighted by molar-refractivity contribution is 7.89. The van der Waals surface area contributed by atoms with Crippen LogP contribution in [-0.2, 0) is 14.8 Å². The summed E-state index contributed by atoms with van der Waals surface area (Å²) in [6.07, 6.45) is 0. The van der Waals surface area contributed by atoms with E-state index in [2.05, 4.69) is 10.0 Å². The topological polar surface area (TPSA) is 93.7 Å². The number of fused-ring (bicyclic) bond motifs is 1. The fraction of sp³-hybridized carbons (Fsp3) is 0.188. The number of nitrogens with one attached hydrogen (secondary N) is 2. The van der Waals surface area contributed by atoms with Gasteiger partial charge in [-0.2, -0.15) is 4.72 Å². The highest BCUT2D eigenvalue weighted by Gasteiger charge is 2.25. The Morgan fingerprint density at radius 1 is 1.16 bits per heavy atom. The number of para-hydroxylation sites is 1. The van der Waals surface area contributed by atoms with E-state index >= 15 is 0 Å². The van der Waals surface area contributed by atoms with Gasteiger partial charge >= 0.3 is 0 Å². The lowest BCUT2D eigenvalue weighted by Crippen LogP contribution is -2.41. The normalized spacial score (nSPS) is 14.2. The van der Waals surface area contributed by atoms with Gasteiger partial charge < -0.3 is 14.8 Å². The monoisotopic (exact) mass is 366 g/mol. The van der Waals surface area contributed by atoms with E-state index in [0.29, 0.717) is 11.5 Å². The number of hydrogen-bond donors (Lipinski definition) is 2. The number of ether oxygens (including phenoxy) is 2. The number of halogens is 1. The molecule has 0 saturated heterocycles. The molecule has 25 heavy (non-hydrogen) atoms. The zero-order valence-electron chi connectivity index (χ0n) is 13.2. The van der Waals surface area contributed by atoms with Crippen LogP contribution < -0.4 is 19.5 Å². The number of anilines is 1. The second-order valence-corrected chi connectivity index (χ2v) is 7.04. The average Bonchev–Trinajstić information content (AvgIpc) is 3.04. The molecule has 1 amide bonds. The van der Waals surface area contributed by atoms with E-state index in [-0.39, 0.29) is 17.4 Å². The lowest BCUT2D eigenvalue weighted by molar-refractivity contribution is -0.117. The van der Waals surface area contributed by atoms with E-state index in [9.17, 15) is 17.6 Å². The van der Waals surface area contributed by atoms with Crippen molar-refractivity contribution in [3.05, 3.63) is 48.3 Å². The lowest BCUT2D eigenvalue weighted by Gasteiger charge is -2.15. The molecule has 0 bridgehead atoms. The average molecular weight is 366 g/mol. The number of benzene rings is 2. The molecule has 1 atom stereocenters. The molecule has 9 heteroatoms. The first-order valence-corrected chi connectivity index (χ1v) is 8.82. The van der Waals surface area contributed by atoms with Crippen LogP contribution in [-0.4, -0.2) is 27.2 Å². The first kappa shape index (κ1) is 17.2. The zero-order chi connectivity index (χ0) is 18.0. The molecule has 1 heterocycles. The van der Waals surface area contributed by atoms with Gasteiger partial charge in [0.1, 0.15) is 5.82 Å². The Labute approximate surface area is 143 Å². The van der Waals surface area contributed by atoms with E-state index in [1.807, 2.05) is 0 Å². The fourth-order valence-corrected chi connectivity index (χ4v) is 3.42. The van der Waals surface area contributed by atoms with Gasteiger partial charge in [-0.15, -0.1) is 0 Å².